The number of urea groups is 1. The van der Waals surface area contributed by atoms with Crippen molar-refractivity contribution in [1.29, 1.82) is 0 Å². The summed E-state index contributed by atoms with van der Waals surface area (Å²) in [5, 5.41) is 26.7. The van der Waals surface area contributed by atoms with Gasteiger partial charge in [-0.2, -0.15) is 0 Å². The molecule has 11 heteroatoms. The molecule has 240 valence electrons. The van der Waals surface area contributed by atoms with Gasteiger partial charge in [0.2, 0.25) is 0 Å². The Labute approximate surface area is 268 Å². The van der Waals surface area contributed by atoms with Crippen molar-refractivity contribution in [2.24, 2.45) is 0 Å². The summed E-state index contributed by atoms with van der Waals surface area (Å²) in [5.74, 6) is -0.516. The summed E-state index contributed by atoms with van der Waals surface area (Å²) in [6.45, 7) is 3.75. The maximum atomic E-state index is 12.4. The van der Waals surface area contributed by atoms with Crippen LogP contribution in [0.4, 0.5) is 10.5 Å². The Morgan fingerprint density at radius 1 is 1.02 bits per heavy atom. The van der Waals surface area contributed by atoms with Crippen molar-refractivity contribution in [2.75, 3.05) is 38.1 Å². The summed E-state index contributed by atoms with van der Waals surface area (Å²) in [4.78, 5) is 26.3. The van der Waals surface area contributed by atoms with Crippen LogP contribution >= 0.6 is 11.6 Å². The van der Waals surface area contributed by atoms with Crippen LogP contribution in [0.15, 0.2) is 72.8 Å². The lowest BCUT2D eigenvalue weighted by molar-refractivity contribution is -0.253. The third kappa shape index (κ3) is 8.82. The molecule has 0 radical (unpaired) electrons. The Morgan fingerprint density at radius 2 is 1.76 bits per heavy atom. The molecule has 0 aliphatic carbocycles. The Hall–Kier alpha value is -3.51. The number of amides is 2. The molecule has 4 N–H and O–H groups in total. The molecule has 2 aliphatic heterocycles. The normalized spacial score (nSPS) is 21.6. The lowest BCUT2D eigenvalue weighted by atomic mass is 9.84. The van der Waals surface area contributed by atoms with E-state index < -0.39 is 23.9 Å². The molecule has 0 saturated carbocycles. The zero-order valence-electron chi connectivity index (χ0n) is 25.3. The molecule has 2 amide bonds. The van der Waals surface area contributed by atoms with Gasteiger partial charge in [0, 0.05) is 42.3 Å². The predicted octanol–water partition coefficient (Wildman–Crippen LogP) is 5.05. The van der Waals surface area contributed by atoms with Crippen LogP contribution in [0, 0.1) is 0 Å². The highest BCUT2D eigenvalue weighted by molar-refractivity contribution is 6.30. The van der Waals surface area contributed by atoms with Crippen LogP contribution in [0.25, 0.3) is 0 Å². The molecule has 3 aromatic rings. The standard InChI is InChI=1S/C34H40ClN3O7/c1-2-43-31(40)20-36-33(41)37-28-5-3-4-25(18-28)32-44-29(19-30(45-32)24-8-6-23(22-39)7-9-24)21-38-16-14-34(42,15-17-38)26-10-12-27(35)13-11-26/h3-13,18,29-30,32,39,42H,2,14-17,19-22H2,1H3,(H2,36,37,41)/t29-,30+,32+/m1/s1. The number of rotatable bonds is 10. The largest absolute Gasteiger partial charge is 0.465 e. The van der Waals surface area contributed by atoms with Crippen LogP contribution in [0.5, 0.6) is 0 Å². The third-order valence-corrected chi connectivity index (χ3v) is 8.51. The Morgan fingerprint density at radius 3 is 2.44 bits per heavy atom. The zero-order valence-corrected chi connectivity index (χ0v) is 26.0. The van der Waals surface area contributed by atoms with Gasteiger partial charge in [-0.1, -0.05) is 60.1 Å². The number of nitrogens with zero attached hydrogens (tertiary/aromatic N) is 1. The van der Waals surface area contributed by atoms with Gasteiger partial charge in [-0.3, -0.25) is 4.79 Å². The van der Waals surface area contributed by atoms with E-state index in [2.05, 4.69) is 15.5 Å². The fourth-order valence-corrected chi connectivity index (χ4v) is 5.90. The van der Waals surface area contributed by atoms with E-state index in [0.717, 1.165) is 22.3 Å². The fraction of sp³-hybridized carbons (Fsp3) is 0.412. The first-order chi connectivity index (χ1) is 21.7. The van der Waals surface area contributed by atoms with Gasteiger partial charge >= 0.3 is 12.0 Å². The van der Waals surface area contributed by atoms with E-state index in [1.54, 1.807) is 25.1 Å². The molecule has 45 heavy (non-hydrogen) atoms. The lowest BCUT2D eigenvalue weighted by Crippen LogP contribution is -2.46. The van der Waals surface area contributed by atoms with E-state index in [-0.39, 0.29) is 32.0 Å². The SMILES string of the molecule is CCOC(=O)CNC(=O)Nc1cccc([C@H]2O[C@@H](CN3CCC(O)(c4ccc(Cl)cc4)CC3)C[C@@H](c3ccc(CO)cc3)O2)c1. The van der Waals surface area contributed by atoms with E-state index in [1.165, 1.54) is 0 Å². The topological polar surface area (TPSA) is 130 Å². The van der Waals surface area contributed by atoms with Crippen molar-refractivity contribution >= 4 is 29.3 Å². The van der Waals surface area contributed by atoms with E-state index in [9.17, 15) is 19.8 Å². The Kier molecular flexibility index (Phi) is 11.1. The van der Waals surface area contributed by atoms with Crippen molar-refractivity contribution in [2.45, 2.75) is 56.9 Å². The number of aliphatic hydroxyl groups excluding tert-OH is 1. The predicted molar refractivity (Wildman–Crippen MR) is 170 cm³/mol. The number of piperidine rings is 1. The molecule has 2 saturated heterocycles. The van der Waals surface area contributed by atoms with Crippen LogP contribution in [0.1, 0.15) is 60.8 Å². The second kappa shape index (κ2) is 15.2. The molecule has 2 heterocycles. The Balaban J connectivity index is 1.27. The van der Waals surface area contributed by atoms with Crippen LogP contribution in [0.2, 0.25) is 5.02 Å². The molecule has 0 aromatic heterocycles. The molecular weight excluding hydrogens is 598 g/mol. The molecule has 3 atom stereocenters. The van der Waals surface area contributed by atoms with Crippen molar-refractivity contribution in [3.8, 4) is 0 Å². The maximum Gasteiger partial charge on any atom is 0.325 e. The van der Waals surface area contributed by atoms with Crippen LogP contribution in [-0.2, 0) is 31.2 Å². The fourth-order valence-electron chi connectivity index (χ4n) is 5.78. The van der Waals surface area contributed by atoms with Gasteiger partial charge in [0.1, 0.15) is 6.54 Å². The third-order valence-electron chi connectivity index (χ3n) is 8.26. The number of carbonyl (C=O) groups is 2. The van der Waals surface area contributed by atoms with E-state index in [4.69, 9.17) is 25.8 Å². The van der Waals surface area contributed by atoms with Crippen LogP contribution < -0.4 is 10.6 Å². The highest BCUT2D eigenvalue weighted by Crippen LogP contribution is 2.40. The van der Waals surface area contributed by atoms with Crippen LogP contribution in [0.3, 0.4) is 0 Å². The quantitative estimate of drug-likeness (QED) is 0.228. The molecule has 10 nitrogen and oxygen atoms in total. The number of anilines is 1. The molecular formula is C34H40ClN3O7. The summed E-state index contributed by atoms with van der Waals surface area (Å²) in [5.41, 5.74) is 3.03. The zero-order chi connectivity index (χ0) is 31.8. The van der Waals surface area contributed by atoms with Gasteiger partial charge in [0.15, 0.2) is 6.29 Å². The van der Waals surface area contributed by atoms with Crippen molar-refractivity contribution in [3.63, 3.8) is 0 Å². The summed E-state index contributed by atoms with van der Waals surface area (Å²) in [6, 6.07) is 21.8. The summed E-state index contributed by atoms with van der Waals surface area (Å²) >= 11 is 6.06. The maximum absolute atomic E-state index is 12.4. The highest BCUT2D eigenvalue weighted by atomic mass is 35.5. The summed E-state index contributed by atoms with van der Waals surface area (Å²) < 4.78 is 17.8. The molecule has 2 fully saturated rings. The number of nitrogens with one attached hydrogen (secondary N) is 2. The molecule has 2 aliphatic rings. The number of halogens is 1. The lowest BCUT2D eigenvalue weighted by Gasteiger charge is -2.42. The highest BCUT2D eigenvalue weighted by Gasteiger charge is 2.37. The molecule has 5 rings (SSSR count). The first-order valence-electron chi connectivity index (χ1n) is 15.3. The van der Waals surface area contributed by atoms with Crippen molar-refractivity contribution < 1.29 is 34.0 Å². The monoisotopic (exact) mass is 637 g/mol. The number of benzene rings is 3. The van der Waals surface area contributed by atoms with Gasteiger partial charge in [0.25, 0.3) is 0 Å². The van der Waals surface area contributed by atoms with Crippen molar-refractivity contribution in [3.05, 3.63) is 100 Å². The van der Waals surface area contributed by atoms with E-state index in [1.807, 2.05) is 54.6 Å². The minimum atomic E-state index is -0.896. The average Bonchev–Trinajstić information content (AvgIpc) is 3.05. The second-order valence-corrected chi connectivity index (χ2v) is 11.9. The molecule has 3 aromatic carbocycles. The minimum absolute atomic E-state index is 0.0371. The van der Waals surface area contributed by atoms with Crippen molar-refractivity contribution in [1.82, 2.24) is 10.2 Å². The average molecular weight is 638 g/mol. The number of esters is 1. The van der Waals surface area contributed by atoms with Gasteiger partial charge in [-0.25, -0.2) is 4.79 Å². The Bertz CT molecular complexity index is 1430. The summed E-state index contributed by atoms with van der Waals surface area (Å²) in [6.07, 6.45) is 0.685. The number of ether oxygens (including phenoxy) is 3. The van der Waals surface area contributed by atoms with Gasteiger partial charge in [-0.15, -0.1) is 0 Å². The van der Waals surface area contributed by atoms with Gasteiger partial charge in [0.05, 0.1) is 31.0 Å². The molecule has 0 unspecified atom stereocenters. The smallest absolute Gasteiger partial charge is 0.325 e. The molecule has 0 spiro atoms. The van der Waals surface area contributed by atoms with E-state index >= 15 is 0 Å². The van der Waals surface area contributed by atoms with Gasteiger partial charge < -0.3 is 40.0 Å². The first-order valence-corrected chi connectivity index (χ1v) is 15.6. The number of hydrogen-bond donors (Lipinski definition) is 4. The number of aliphatic hydroxyl groups is 2. The first kappa shape index (κ1) is 32.9. The molecule has 0 bridgehead atoms. The van der Waals surface area contributed by atoms with Gasteiger partial charge in [-0.05, 0) is 60.7 Å². The van der Waals surface area contributed by atoms with Crippen LogP contribution in [-0.4, -0.2) is 66.0 Å². The summed E-state index contributed by atoms with van der Waals surface area (Å²) in [7, 11) is 0. The van der Waals surface area contributed by atoms with E-state index in [0.29, 0.717) is 49.6 Å². The number of hydrogen-bond acceptors (Lipinski definition) is 8. The number of likely N-dealkylation sites (tertiary alicyclic amines) is 1. The number of carbonyl (C=O) groups excluding carboxylic acids is 2. The second-order valence-electron chi connectivity index (χ2n) is 11.4. The minimum Gasteiger partial charge on any atom is -0.465 e.